The van der Waals surface area contributed by atoms with Crippen LogP contribution in [0.4, 0.5) is 18.9 Å². The number of benzene rings is 1. The molecule has 0 aliphatic rings. The molecule has 112 valence electrons. The summed E-state index contributed by atoms with van der Waals surface area (Å²) in [6.07, 6.45) is -3.89. The molecule has 0 aliphatic carbocycles. The molecule has 2 aromatic rings. The third-order valence-corrected chi connectivity index (χ3v) is 2.89. The average molecular weight is 326 g/mol. The molecule has 0 radical (unpaired) electrons. The summed E-state index contributed by atoms with van der Waals surface area (Å²) in [7, 11) is 0. The van der Waals surface area contributed by atoms with E-state index in [1.54, 1.807) is 6.07 Å². The first kappa shape index (κ1) is 15.8. The van der Waals surface area contributed by atoms with Crippen molar-refractivity contribution in [3.63, 3.8) is 0 Å². The fourth-order valence-corrected chi connectivity index (χ4v) is 1.77. The van der Waals surface area contributed by atoms with Crippen LogP contribution in [-0.4, -0.2) is 10.9 Å². The van der Waals surface area contributed by atoms with E-state index in [0.29, 0.717) is 11.1 Å². The summed E-state index contributed by atoms with van der Waals surface area (Å²) in [4.78, 5) is 15.4. The normalized spacial score (nSPS) is 10.9. The van der Waals surface area contributed by atoms with E-state index in [9.17, 15) is 18.0 Å². The van der Waals surface area contributed by atoms with Crippen molar-refractivity contribution < 1.29 is 18.0 Å². The van der Waals surface area contributed by atoms with E-state index in [1.807, 2.05) is 0 Å². The molecule has 2 rings (SSSR count). The van der Waals surface area contributed by atoms with Crippen LogP contribution in [0.3, 0.4) is 0 Å². The zero-order chi connectivity index (χ0) is 16.3. The van der Waals surface area contributed by atoms with Gasteiger partial charge in [-0.25, -0.2) is 4.98 Å². The maximum absolute atomic E-state index is 13.0. The molecular formula is C14H7ClF3N3O. The Morgan fingerprint density at radius 2 is 1.91 bits per heavy atom. The molecule has 1 amide bonds. The van der Waals surface area contributed by atoms with Gasteiger partial charge in [-0.2, -0.15) is 18.4 Å². The van der Waals surface area contributed by atoms with E-state index in [-0.39, 0.29) is 11.3 Å². The summed E-state index contributed by atoms with van der Waals surface area (Å²) in [6.45, 7) is 0. The largest absolute Gasteiger partial charge is 0.418 e. The Morgan fingerprint density at radius 3 is 2.45 bits per heavy atom. The van der Waals surface area contributed by atoms with Gasteiger partial charge in [-0.3, -0.25) is 4.79 Å². The summed E-state index contributed by atoms with van der Waals surface area (Å²) in [5, 5.41) is 11.4. The molecule has 4 nitrogen and oxygen atoms in total. The lowest BCUT2D eigenvalue weighted by Gasteiger charge is -2.12. The first-order valence-corrected chi connectivity index (χ1v) is 6.23. The highest BCUT2D eigenvalue weighted by atomic mass is 35.5. The highest BCUT2D eigenvalue weighted by Gasteiger charge is 2.36. The van der Waals surface area contributed by atoms with Crippen molar-refractivity contribution in [1.29, 1.82) is 5.26 Å². The van der Waals surface area contributed by atoms with Crippen molar-refractivity contribution >= 4 is 23.2 Å². The van der Waals surface area contributed by atoms with Crippen molar-refractivity contribution in [2.24, 2.45) is 0 Å². The molecule has 0 spiro atoms. The molecule has 1 N–H and O–H groups in total. The fraction of sp³-hybridized carbons (Fsp3) is 0.0714. The molecule has 0 saturated carbocycles. The van der Waals surface area contributed by atoms with Gasteiger partial charge in [0.25, 0.3) is 5.91 Å². The number of pyridine rings is 1. The summed E-state index contributed by atoms with van der Waals surface area (Å²) in [6, 6.07) is 7.98. The zero-order valence-corrected chi connectivity index (χ0v) is 11.5. The van der Waals surface area contributed by atoms with Crippen LogP contribution in [0, 0.1) is 11.3 Å². The molecule has 1 heterocycles. The second-order valence-electron chi connectivity index (χ2n) is 4.19. The van der Waals surface area contributed by atoms with Crippen LogP contribution >= 0.6 is 11.6 Å². The number of nitrogens with zero attached hydrogens (tertiary/aromatic N) is 2. The number of carbonyl (C=O) groups excluding carboxylic acids is 1. The lowest BCUT2D eigenvalue weighted by atomic mass is 10.1. The number of hydrogen-bond acceptors (Lipinski definition) is 3. The van der Waals surface area contributed by atoms with Crippen LogP contribution in [0.1, 0.15) is 21.6 Å². The standard InChI is InChI=1S/C14H7ClF3N3O/c15-9-1-3-10(4-2-9)21-13(22)12-11(14(16,17)18)5-8(6-19)7-20-12/h1-5,7H,(H,21,22). The maximum Gasteiger partial charge on any atom is 0.418 e. The lowest BCUT2D eigenvalue weighted by molar-refractivity contribution is -0.138. The predicted octanol–water partition coefficient (Wildman–Crippen LogP) is 3.88. The minimum atomic E-state index is -4.80. The summed E-state index contributed by atoms with van der Waals surface area (Å²) in [5.41, 5.74) is -2.08. The molecular weight excluding hydrogens is 319 g/mol. The molecule has 0 bridgehead atoms. The van der Waals surface area contributed by atoms with Crippen LogP contribution in [0.2, 0.25) is 5.02 Å². The Labute approximate surface area is 128 Å². The van der Waals surface area contributed by atoms with Crippen LogP contribution in [-0.2, 0) is 6.18 Å². The quantitative estimate of drug-likeness (QED) is 0.911. The summed E-state index contributed by atoms with van der Waals surface area (Å²) >= 11 is 5.68. The molecule has 22 heavy (non-hydrogen) atoms. The third kappa shape index (κ3) is 3.54. The molecule has 0 unspecified atom stereocenters. The van der Waals surface area contributed by atoms with Crippen molar-refractivity contribution in [1.82, 2.24) is 4.98 Å². The zero-order valence-electron chi connectivity index (χ0n) is 10.8. The Morgan fingerprint density at radius 1 is 1.27 bits per heavy atom. The molecule has 0 atom stereocenters. The van der Waals surface area contributed by atoms with Gasteiger partial charge in [0.1, 0.15) is 11.8 Å². The topological polar surface area (TPSA) is 65.8 Å². The van der Waals surface area contributed by atoms with Gasteiger partial charge < -0.3 is 5.32 Å². The van der Waals surface area contributed by atoms with E-state index in [4.69, 9.17) is 16.9 Å². The van der Waals surface area contributed by atoms with Crippen LogP contribution in [0.5, 0.6) is 0 Å². The van der Waals surface area contributed by atoms with Gasteiger partial charge in [-0.05, 0) is 30.3 Å². The number of alkyl halides is 3. The van der Waals surface area contributed by atoms with Gasteiger partial charge >= 0.3 is 6.18 Å². The minimum absolute atomic E-state index is 0.272. The van der Waals surface area contributed by atoms with Crippen molar-refractivity contribution in [2.45, 2.75) is 6.18 Å². The number of halogens is 4. The molecule has 1 aromatic heterocycles. The predicted molar refractivity (Wildman–Crippen MR) is 73.4 cm³/mol. The van der Waals surface area contributed by atoms with Crippen molar-refractivity contribution in [3.8, 4) is 6.07 Å². The fourth-order valence-electron chi connectivity index (χ4n) is 1.65. The van der Waals surface area contributed by atoms with Gasteiger partial charge in [0.2, 0.25) is 0 Å². The number of nitriles is 1. The van der Waals surface area contributed by atoms with Gasteiger partial charge in [-0.15, -0.1) is 0 Å². The minimum Gasteiger partial charge on any atom is -0.321 e. The number of aromatic nitrogens is 1. The highest BCUT2D eigenvalue weighted by molar-refractivity contribution is 6.30. The van der Waals surface area contributed by atoms with Crippen molar-refractivity contribution in [3.05, 3.63) is 58.4 Å². The number of amides is 1. The smallest absolute Gasteiger partial charge is 0.321 e. The highest BCUT2D eigenvalue weighted by Crippen LogP contribution is 2.32. The van der Waals surface area contributed by atoms with Gasteiger partial charge in [-0.1, -0.05) is 11.6 Å². The second kappa shape index (κ2) is 6.03. The van der Waals surface area contributed by atoms with Crippen LogP contribution < -0.4 is 5.32 Å². The first-order chi connectivity index (χ1) is 10.3. The molecule has 8 heteroatoms. The maximum atomic E-state index is 13.0. The number of hydrogen-bond donors (Lipinski definition) is 1. The van der Waals surface area contributed by atoms with E-state index in [0.717, 1.165) is 6.20 Å². The van der Waals surface area contributed by atoms with E-state index < -0.39 is 23.3 Å². The SMILES string of the molecule is N#Cc1cnc(C(=O)Nc2ccc(Cl)cc2)c(C(F)(F)F)c1. The summed E-state index contributed by atoms with van der Waals surface area (Å²) < 4.78 is 38.9. The average Bonchev–Trinajstić information content (AvgIpc) is 2.48. The Kier molecular flexibility index (Phi) is 4.33. The summed E-state index contributed by atoms with van der Waals surface area (Å²) in [5.74, 6) is -1.03. The molecule has 0 saturated heterocycles. The van der Waals surface area contributed by atoms with Crippen molar-refractivity contribution in [2.75, 3.05) is 5.32 Å². The van der Waals surface area contributed by atoms with Crippen LogP contribution in [0.15, 0.2) is 36.5 Å². The first-order valence-electron chi connectivity index (χ1n) is 5.85. The number of nitrogens with one attached hydrogen (secondary N) is 1. The molecule has 0 fully saturated rings. The van der Waals surface area contributed by atoms with Gasteiger partial charge in [0, 0.05) is 16.9 Å². The molecule has 1 aromatic carbocycles. The monoisotopic (exact) mass is 325 g/mol. The van der Waals surface area contributed by atoms with Gasteiger partial charge in [0.05, 0.1) is 11.1 Å². The lowest BCUT2D eigenvalue weighted by Crippen LogP contribution is -2.20. The van der Waals surface area contributed by atoms with E-state index in [1.165, 1.54) is 24.3 Å². The Hall–Kier alpha value is -2.59. The third-order valence-electron chi connectivity index (χ3n) is 2.64. The number of carbonyl (C=O) groups is 1. The second-order valence-corrected chi connectivity index (χ2v) is 4.63. The Balaban J connectivity index is 2.37. The van der Waals surface area contributed by atoms with Crippen LogP contribution in [0.25, 0.3) is 0 Å². The Bertz CT molecular complexity index is 751. The molecule has 0 aliphatic heterocycles. The number of anilines is 1. The van der Waals surface area contributed by atoms with Gasteiger partial charge in [0.15, 0.2) is 0 Å². The van der Waals surface area contributed by atoms with E-state index in [2.05, 4.69) is 10.3 Å². The number of rotatable bonds is 2. The van der Waals surface area contributed by atoms with E-state index >= 15 is 0 Å².